The van der Waals surface area contributed by atoms with E-state index in [0.29, 0.717) is 13.0 Å². The number of methoxy groups -OCH3 is 1. The Bertz CT molecular complexity index is 1060. The topological polar surface area (TPSA) is 80.2 Å². The van der Waals surface area contributed by atoms with Gasteiger partial charge in [0.2, 0.25) is 5.91 Å². The van der Waals surface area contributed by atoms with Crippen molar-refractivity contribution in [2.24, 2.45) is 11.0 Å². The molecule has 0 radical (unpaired) electrons. The molecule has 2 aliphatic rings. The van der Waals surface area contributed by atoms with Crippen molar-refractivity contribution in [1.29, 1.82) is 0 Å². The second-order valence-electron chi connectivity index (χ2n) is 9.40. The molecule has 2 unspecified atom stereocenters. The predicted molar refractivity (Wildman–Crippen MR) is 137 cm³/mol. The predicted octanol–water partition coefficient (Wildman–Crippen LogP) is 5.18. The van der Waals surface area contributed by atoms with Gasteiger partial charge in [0.1, 0.15) is 12.3 Å². The summed E-state index contributed by atoms with van der Waals surface area (Å²) < 4.78 is 11.9. The van der Waals surface area contributed by atoms with Crippen LogP contribution in [0.4, 0.5) is 5.69 Å². The van der Waals surface area contributed by atoms with Crippen LogP contribution >= 0.6 is 0 Å². The van der Waals surface area contributed by atoms with Crippen LogP contribution in [0.2, 0.25) is 0 Å². The molecule has 1 amide bonds. The monoisotopic (exact) mass is 477 g/mol. The SMILES string of the molecule is CCC1CC(C=O)N(Cc2ccc(NC(C)=O)cc2)N=C1c1ccc(OC)c(OC2CCCC2)c1. The number of hydrazone groups is 1. The zero-order valence-electron chi connectivity index (χ0n) is 20.8. The van der Waals surface area contributed by atoms with Crippen LogP contribution in [0, 0.1) is 5.92 Å². The van der Waals surface area contributed by atoms with Gasteiger partial charge in [-0.2, -0.15) is 5.10 Å². The first-order chi connectivity index (χ1) is 17.0. The third-order valence-electron chi connectivity index (χ3n) is 6.86. The van der Waals surface area contributed by atoms with E-state index < -0.39 is 0 Å². The van der Waals surface area contributed by atoms with Gasteiger partial charge in [-0.05, 0) is 74.4 Å². The maximum absolute atomic E-state index is 12.0. The number of hydrogen-bond donors (Lipinski definition) is 1. The number of anilines is 1. The first-order valence-corrected chi connectivity index (χ1v) is 12.5. The van der Waals surface area contributed by atoms with Gasteiger partial charge in [0, 0.05) is 24.1 Å². The Morgan fingerprint density at radius 3 is 2.51 bits per heavy atom. The Hall–Kier alpha value is -3.35. The van der Waals surface area contributed by atoms with E-state index in [9.17, 15) is 9.59 Å². The number of nitrogens with one attached hydrogen (secondary N) is 1. The molecule has 0 bridgehead atoms. The van der Waals surface area contributed by atoms with Crippen LogP contribution in [0.5, 0.6) is 11.5 Å². The van der Waals surface area contributed by atoms with Crippen molar-refractivity contribution < 1.29 is 19.1 Å². The molecule has 0 spiro atoms. The van der Waals surface area contributed by atoms with Crippen LogP contribution in [0.1, 0.15) is 63.5 Å². The van der Waals surface area contributed by atoms with Crippen LogP contribution in [-0.2, 0) is 16.1 Å². The van der Waals surface area contributed by atoms with Gasteiger partial charge in [0.15, 0.2) is 11.5 Å². The summed E-state index contributed by atoms with van der Waals surface area (Å²) in [5.41, 5.74) is 3.74. The third-order valence-corrected chi connectivity index (χ3v) is 6.86. The molecule has 7 nitrogen and oxygen atoms in total. The van der Waals surface area contributed by atoms with Crippen LogP contribution in [0.15, 0.2) is 47.6 Å². The number of carbonyl (C=O) groups is 2. The molecule has 1 saturated carbocycles. The number of ether oxygens (including phenoxy) is 2. The van der Waals surface area contributed by atoms with Crippen molar-refractivity contribution in [3.8, 4) is 11.5 Å². The average Bonchev–Trinajstić information content (AvgIpc) is 3.37. The summed E-state index contributed by atoms with van der Waals surface area (Å²) in [5.74, 6) is 1.56. The summed E-state index contributed by atoms with van der Waals surface area (Å²) in [7, 11) is 1.66. The molecule has 1 N–H and O–H groups in total. The van der Waals surface area contributed by atoms with Gasteiger partial charge in [-0.15, -0.1) is 0 Å². The van der Waals surface area contributed by atoms with E-state index in [-0.39, 0.29) is 24.0 Å². The second kappa shape index (κ2) is 11.4. The van der Waals surface area contributed by atoms with Crippen LogP contribution < -0.4 is 14.8 Å². The smallest absolute Gasteiger partial charge is 0.221 e. The highest BCUT2D eigenvalue weighted by molar-refractivity contribution is 6.03. The first kappa shape index (κ1) is 24.8. The first-order valence-electron chi connectivity index (χ1n) is 12.5. The van der Waals surface area contributed by atoms with Crippen LogP contribution in [-0.4, -0.2) is 42.2 Å². The van der Waals surface area contributed by atoms with Crippen molar-refractivity contribution in [1.82, 2.24) is 5.01 Å². The zero-order valence-corrected chi connectivity index (χ0v) is 20.8. The molecule has 35 heavy (non-hydrogen) atoms. The lowest BCUT2D eigenvalue weighted by Crippen LogP contribution is -2.41. The number of aldehydes is 1. The summed E-state index contributed by atoms with van der Waals surface area (Å²) >= 11 is 0. The Morgan fingerprint density at radius 2 is 1.89 bits per heavy atom. The van der Waals surface area contributed by atoms with E-state index in [0.717, 1.165) is 59.6 Å². The molecule has 2 aromatic carbocycles. The Balaban J connectivity index is 1.61. The number of rotatable bonds is 9. The van der Waals surface area contributed by atoms with E-state index in [1.165, 1.54) is 19.8 Å². The van der Waals surface area contributed by atoms with E-state index in [4.69, 9.17) is 14.6 Å². The molecule has 1 heterocycles. The van der Waals surface area contributed by atoms with Crippen molar-refractivity contribution in [3.05, 3.63) is 53.6 Å². The van der Waals surface area contributed by atoms with Crippen molar-refractivity contribution in [2.45, 2.75) is 71.1 Å². The molecule has 186 valence electrons. The number of benzene rings is 2. The standard InChI is InChI=1S/C28H35N3O4/c1-4-21-15-24(18-32)31(17-20-9-12-23(13-10-20)29-19(2)33)30-28(21)22-11-14-26(34-3)27(16-22)35-25-7-5-6-8-25/h9-14,16,18,21,24-25H,4-8,15,17H2,1-3H3,(H,29,33). The fraction of sp³-hybridized carbons (Fsp3) is 0.464. The molecule has 7 heteroatoms. The van der Waals surface area contributed by atoms with E-state index in [1.807, 2.05) is 47.5 Å². The van der Waals surface area contributed by atoms with Gasteiger partial charge in [-0.3, -0.25) is 9.80 Å². The molecule has 2 aromatic rings. The highest BCUT2D eigenvalue weighted by Gasteiger charge is 2.31. The van der Waals surface area contributed by atoms with E-state index in [1.54, 1.807) is 7.11 Å². The summed E-state index contributed by atoms with van der Waals surface area (Å²) in [6.45, 7) is 4.13. The minimum absolute atomic E-state index is 0.106. The lowest BCUT2D eigenvalue weighted by Gasteiger charge is -2.35. The normalized spacial score (nSPS) is 20.3. The Morgan fingerprint density at radius 1 is 1.14 bits per heavy atom. The minimum atomic E-state index is -0.286. The fourth-order valence-corrected chi connectivity index (χ4v) is 4.95. The highest BCUT2D eigenvalue weighted by Crippen LogP contribution is 2.35. The molecule has 2 atom stereocenters. The molecule has 1 aliphatic carbocycles. The van der Waals surface area contributed by atoms with E-state index in [2.05, 4.69) is 12.2 Å². The third kappa shape index (κ3) is 6.02. The molecule has 0 saturated heterocycles. The van der Waals surface area contributed by atoms with Gasteiger partial charge in [0.25, 0.3) is 0 Å². The minimum Gasteiger partial charge on any atom is -0.493 e. The van der Waals surface area contributed by atoms with Crippen molar-refractivity contribution in [2.75, 3.05) is 12.4 Å². The lowest BCUT2D eigenvalue weighted by molar-refractivity contribution is -0.114. The van der Waals surface area contributed by atoms with Crippen molar-refractivity contribution >= 4 is 23.6 Å². The lowest BCUT2D eigenvalue weighted by atomic mass is 9.87. The van der Waals surface area contributed by atoms with Crippen LogP contribution in [0.25, 0.3) is 0 Å². The number of hydrogen-bond acceptors (Lipinski definition) is 6. The quantitative estimate of drug-likeness (QED) is 0.504. The maximum Gasteiger partial charge on any atom is 0.221 e. The van der Waals surface area contributed by atoms with Gasteiger partial charge < -0.3 is 19.6 Å². The molecule has 0 aromatic heterocycles. The fourth-order valence-electron chi connectivity index (χ4n) is 4.95. The molecular weight excluding hydrogens is 442 g/mol. The van der Waals surface area contributed by atoms with Crippen LogP contribution in [0.3, 0.4) is 0 Å². The number of carbonyl (C=O) groups excluding carboxylic acids is 2. The molecular formula is C28H35N3O4. The van der Waals surface area contributed by atoms with Gasteiger partial charge in [-0.1, -0.05) is 19.1 Å². The average molecular weight is 478 g/mol. The summed E-state index contributed by atoms with van der Waals surface area (Å²) in [5, 5.41) is 9.66. The van der Waals surface area contributed by atoms with Gasteiger partial charge in [0.05, 0.1) is 25.5 Å². The highest BCUT2D eigenvalue weighted by atomic mass is 16.5. The van der Waals surface area contributed by atoms with Gasteiger partial charge >= 0.3 is 0 Å². The second-order valence-corrected chi connectivity index (χ2v) is 9.40. The largest absolute Gasteiger partial charge is 0.493 e. The molecule has 1 fully saturated rings. The number of amides is 1. The Kier molecular flexibility index (Phi) is 8.06. The van der Waals surface area contributed by atoms with Gasteiger partial charge in [-0.25, -0.2) is 0 Å². The Labute approximate surface area is 207 Å². The van der Waals surface area contributed by atoms with Crippen molar-refractivity contribution in [3.63, 3.8) is 0 Å². The summed E-state index contributed by atoms with van der Waals surface area (Å²) in [6, 6.07) is 13.4. The molecule has 4 rings (SSSR count). The maximum atomic E-state index is 12.0. The van der Waals surface area contributed by atoms with E-state index >= 15 is 0 Å². The summed E-state index contributed by atoms with van der Waals surface area (Å²) in [4.78, 5) is 23.3. The number of nitrogens with zero attached hydrogens (tertiary/aromatic N) is 2. The summed E-state index contributed by atoms with van der Waals surface area (Å²) in [6.07, 6.45) is 7.38. The molecule has 1 aliphatic heterocycles. The zero-order chi connectivity index (χ0) is 24.8.